The van der Waals surface area contributed by atoms with Gasteiger partial charge in [-0.15, -0.1) is 12.4 Å². The van der Waals surface area contributed by atoms with Crippen molar-refractivity contribution in [1.29, 1.82) is 0 Å². The lowest BCUT2D eigenvalue weighted by Crippen LogP contribution is -2.39. The van der Waals surface area contributed by atoms with Crippen LogP contribution in [0.3, 0.4) is 0 Å². The number of hydrogen-bond donors (Lipinski definition) is 0. The molecule has 0 saturated carbocycles. The van der Waals surface area contributed by atoms with Gasteiger partial charge in [-0.25, -0.2) is 4.79 Å². The maximum absolute atomic E-state index is 12.4. The average molecular weight is 400 g/mol. The fourth-order valence-electron chi connectivity index (χ4n) is 2.55. The highest BCUT2D eigenvalue weighted by Crippen LogP contribution is 2.09. The zero-order chi connectivity index (χ0) is 19.2. The number of nitrogens with zero attached hydrogens (tertiary/aromatic N) is 1. The summed E-state index contributed by atoms with van der Waals surface area (Å²) in [5.41, 5.74) is 0.507. The van der Waals surface area contributed by atoms with E-state index in [1.54, 1.807) is 31.2 Å². The molecule has 0 aliphatic carbocycles. The molecule has 1 atom stereocenters. The molecule has 0 N–H and O–H groups in total. The van der Waals surface area contributed by atoms with Crippen LogP contribution in [0.5, 0.6) is 0 Å². The van der Waals surface area contributed by atoms with E-state index in [1.165, 1.54) is 0 Å². The van der Waals surface area contributed by atoms with Crippen LogP contribution < -0.4 is 0 Å². The highest BCUT2D eigenvalue weighted by molar-refractivity contribution is 5.89. The van der Waals surface area contributed by atoms with Crippen molar-refractivity contribution in [2.45, 2.75) is 59.0 Å². The van der Waals surface area contributed by atoms with E-state index in [4.69, 9.17) is 9.47 Å². The maximum atomic E-state index is 12.4. The Morgan fingerprint density at radius 1 is 1.00 bits per heavy atom. The normalized spacial score (nSPS) is 11.6. The Morgan fingerprint density at radius 2 is 1.59 bits per heavy atom. The van der Waals surface area contributed by atoms with Crippen LogP contribution in [0.1, 0.15) is 63.2 Å². The molecule has 0 aliphatic heterocycles. The molecule has 0 aromatic heterocycles. The molecule has 0 bridgehead atoms. The van der Waals surface area contributed by atoms with Crippen molar-refractivity contribution in [3.05, 3.63) is 35.9 Å². The lowest BCUT2D eigenvalue weighted by Gasteiger charge is -2.27. The predicted molar refractivity (Wildman–Crippen MR) is 110 cm³/mol. The Labute approximate surface area is 169 Å². The SMILES string of the molecule is CCCCN(CCCC)CC(COC(=O)CC)OC(=O)c1ccccc1.Cl. The number of ether oxygens (including phenoxy) is 2. The summed E-state index contributed by atoms with van der Waals surface area (Å²) in [5, 5.41) is 0. The molecule has 5 nitrogen and oxygen atoms in total. The van der Waals surface area contributed by atoms with Gasteiger partial charge in [0.15, 0.2) is 0 Å². The third-order valence-electron chi connectivity index (χ3n) is 4.12. The zero-order valence-electron chi connectivity index (χ0n) is 16.8. The topological polar surface area (TPSA) is 55.8 Å². The molecule has 6 heteroatoms. The van der Waals surface area contributed by atoms with E-state index in [2.05, 4.69) is 18.7 Å². The third-order valence-corrected chi connectivity index (χ3v) is 4.12. The monoisotopic (exact) mass is 399 g/mol. The quantitative estimate of drug-likeness (QED) is 0.457. The molecule has 0 aliphatic rings. The first-order valence-corrected chi connectivity index (χ1v) is 9.74. The summed E-state index contributed by atoms with van der Waals surface area (Å²) in [4.78, 5) is 26.2. The van der Waals surface area contributed by atoms with Gasteiger partial charge in [0.1, 0.15) is 12.7 Å². The Bertz CT molecular complexity index is 516. The summed E-state index contributed by atoms with van der Waals surface area (Å²) in [5.74, 6) is -0.659. The van der Waals surface area contributed by atoms with Crippen LogP contribution in [0.2, 0.25) is 0 Å². The largest absolute Gasteiger partial charge is 0.462 e. The van der Waals surface area contributed by atoms with Crippen molar-refractivity contribution in [1.82, 2.24) is 4.90 Å². The van der Waals surface area contributed by atoms with E-state index in [0.717, 1.165) is 38.8 Å². The molecular weight excluding hydrogens is 366 g/mol. The van der Waals surface area contributed by atoms with Gasteiger partial charge in [0.2, 0.25) is 0 Å². The zero-order valence-corrected chi connectivity index (χ0v) is 17.6. The molecule has 27 heavy (non-hydrogen) atoms. The van der Waals surface area contributed by atoms with Crippen LogP contribution >= 0.6 is 12.4 Å². The predicted octanol–water partition coefficient (Wildman–Crippen LogP) is 4.49. The summed E-state index contributed by atoms with van der Waals surface area (Å²) >= 11 is 0. The van der Waals surface area contributed by atoms with Gasteiger partial charge in [-0.3, -0.25) is 9.69 Å². The third kappa shape index (κ3) is 11.0. The number of esters is 2. The van der Waals surface area contributed by atoms with E-state index < -0.39 is 6.10 Å². The van der Waals surface area contributed by atoms with Crippen LogP contribution in [0.15, 0.2) is 30.3 Å². The molecule has 0 heterocycles. The summed E-state index contributed by atoms with van der Waals surface area (Å²) in [6, 6.07) is 8.91. The van der Waals surface area contributed by atoms with Crippen molar-refractivity contribution < 1.29 is 19.1 Å². The summed E-state index contributed by atoms with van der Waals surface area (Å²) in [6.07, 6.45) is 4.26. The minimum Gasteiger partial charge on any atom is -0.462 e. The van der Waals surface area contributed by atoms with Crippen LogP contribution in [-0.4, -0.2) is 49.2 Å². The van der Waals surface area contributed by atoms with E-state index in [9.17, 15) is 9.59 Å². The Morgan fingerprint density at radius 3 is 2.11 bits per heavy atom. The fraction of sp³-hybridized carbons (Fsp3) is 0.619. The van der Waals surface area contributed by atoms with Crippen molar-refractivity contribution in [2.24, 2.45) is 0 Å². The molecule has 1 aromatic carbocycles. The van der Waals surface area contributed by atoms with Crippen LogP contribution in [0.25, 0.3) is 0 Å². The second-order valence-electron chi connectivity index (χ2n) is 6.44. The second-order valence-corrected chi connectivity index (χ2v) is 6.44. The van der Waals surface area contributed by atoms with E-state index in [0.29, 0.717) is 18.5 Å². The molecule has 1 unspecified atom stereocenters. The lowest BCUT2D eigenvalue weighted by molar-refractivity contribution is -0.146. The Balaban J connectivity index is 0.00000676. The van der Waals surface area contributed by atoms with Crippen molar-refractivity contribution in [2.75, 3.05) is 26.2 Å². The van der Waals surface area contributed by atoms with Crippen molar-refractivity contribution in [3.8, 4) is 0 Å². The molecule has 1 rings (SSSR count). The Kier molecular flexibility index (Phi) is 14.6. The lowest BCUT2D eigenvalue weighted by atomic mass is 10.2. The second kappa shape index (κ2) is 15.5. The van der Waals surface area contributed by atoms with Crippen molar-refractivity contribution in [3.63, 3.8) is 0 Å². The molecule has 154 valence electrons. The highest BCUT2D eigenvalue weighted by Gasteiger charge is 2.21. The first-order chi connectivity index (χ1) is 12.6. The minimum atomic E-state index is -0.466. The molecular formula is C21H34ClNO4. The number of carbonyl (C=O) groups is 2. The summed E-state index contributed by atoms with van der Waals surface area (Å²) < 4.78 is 10.9. The van der Waals surface area contributed by atoms with Gasteiger partial charge in [0, 0.05) is 13.0 Å². The number of rotatable bonds is 13. The van der Waals surface area contributed by atoms with Gasteiger partial charge in [0.25, 0.3) is 0 Å². The van der Waals surface area contributed by atoms with E-state index in [1.807, 2.05) is 6.07 Å². The van der Waals surface area contributed by atoms with Crippen LogP contribution in [0, 0.1) is 0 Å². The molecule has 1 aromatic rings. The smallest absolute Gasteiger partial charge is 0.338 e. The number of halogens is 1. The summed E-state index contributed by atoms with van der Waals surface area (Å²) in [7, 11) is 0. The average Bonchev–Trinajstić information content (AvgIpc) is 2.68. The van der Waals surface area contributed by atoms with Gasteiger partial charge in [-0.1, -0.05) is 51.8 Å². The minimum absolute atomic E-state index is 0. The number of hydrogen-bond acceptors (Lipinski definition) is 5. The fourth-order valence-corrected chi connectivity index (χ4v) is 2.55. The van der Waals surface area contributed by atoms with Gasteiger partial charge < -0.3 is 9.47 Å². The molecule has 0 saturated heterocycles. The summed E-state index contributed by atoms with van der Waals surface area (Å²) in [6.45, 7) is 8.66. The van der Waals surface area contributed by atoms with Gasteiger partial charge in [0.05, 0.1) is 5.56 Å². The first-order valence-electron chi connectivity index (χ1n) is 9.74. The van der Waals surface area contributed by atoms with Gasteiger partial charge >= 0.3 is 11.9 Å². The van der Waals surface area contributed by atoms with Crippen molar-refractivity contribution >= 4 is 24.3 Å². The number of benzene rings is 1. The Hall–Kier alpha value is -1.59. The van der Waals surface area contributed by atoms with Gasteiger partial charge in [-0.05, 0) is 38.1 Å². The number of carbonyl (C=O) groups excluding carboxylic acids is 2. The van der Waals surface area contributed by atoms with Gasteiger partial charge in [-0.2, -0.15) is 0 Å². The first kappa shape index (κ1) is 25.4. The standard InChI is InChI=1S/C21H33NO4.ClH/c1-4-7-14-22(15-8-5-2)16-19(17-25-20(23)6-3)26-21(24)18-12-10-9-11-13-18;/h9-13,19H,4-8,14-17H2,1-3H3;1H. The maximum Gasteiger partial charge on any atom is 0.338 e. The molecule has 0 spiro atoms. The van der Waals surface area contributed by atoms with Crippen LogP contribution in [-0.2, 0) is 14.3 Å². The van der Waals surface area contributed by atoms with Crippen LogP contribution in [0.4, 0.5) is 0 Å². The van der Waals surface area contributed by atoms with E-state index in [-0.39, 0.29) is 31.0 Å². The highest BCUT2D eigenvalue weighted by atomic mass is 35.5. The molecule has 0 amide bonds. The molecule has 0 radical (unpaired) electrons. The molecule has 0 fully saturated rings. The van der Waals surface area contributed by atoms with E-state index >= 15 is 0 Å². The number of unbranched alkanes of at least 4 members (excludes halogenated alkanes) is 2.